The highest BCUT2D eigenvalue weighted by Gasteiger charge is 2.18. The van der Waals surface area contributed by atoms with E-state index in [4.69, 9.17) is 17.3 Å². The molecule has 1 aromatic heterocycles. The first-order chi connectivity index (χ1) is 11.4. The van der Waals surface area contributed by atoms with Crippen molar-refractivity contribution in [3.8, 4) is 11.8 Å². The van der Waals surface area contributed by atoms with Crippen LogP contribution in [0.2, 0.25) is 5.02 Å². The van der Waals surface area contributed by atoms with Gasteiger partial charge in [-0.2, -0.15) is 5.26 Å². The SMILES string of the molecule is CC(C)c1nc2c(C#N)c(N)ccc2c(=O)n1-c1ccc(Cl)cc1. The van der Waals surface area contributed by atoms with E-state index in [1.807, 2.05) is 19.9 Å². The number of fused-ring (bicyclic) bond motifs is 1. The highest BCUT2D eigenvalue weighted by molar-refractivity contribution is 6.30. The van der Waals surface area contributed by atoms with Gasteiger partial charge in [-0.15, -0.1) is 0 Å². The summed E-state index contributed by atoms with van der Waals surface area (Å²) < 4.78 is 1.56. The van der Waals surface area contributed by atoms with E-state index in [1.165, 1.54) is 0 Å². The first kappa shape index (κ1) is 16.0. The van der Waals surface area contributed by atoms with Gasteiger partial charge in [0.15, 0.2) is 0 Å². The third kappa shape index (κ3) is 2.51. The van der Waals surface area contributed by atoms with Crippen LogP contribution >= 0.6 is 11.6 Å². The molecular formula is C18H15ClN4O. The van der Waals surface area contributed by atoms with Crippen LogP contribution in [0.25, 0.3) is 16.6 Å². The summed E-state index contributed by atoms with van der Waals surface area (Å²) in [6.07, 6.45) is 0. The molecular weight excluding hydrogens is 324 g/mol. The first-order valence-corrected chi connectivity index (χ1v) is 7.83. The van der Waals surface area contributed by atoms with E-state index in [9.17, 15) is 10.1 Å². The van der Waals surface area contributed by atoms with Gasteiger partial charge in [0.05, 0.1) is 22.3 Å². The molecule has 0 amide bonds. The van der Waals surface area contributed by atoms with Crippen LogP contribution < -0.4 is 11.3 Å². The van der Waals surface area contributed by atoms with Crippen LogP contribution in [-0.2, 0) is 0 Å². The molecule has 0 unspecified atom stereocenters. The van der Waals surface area contributed by atoms with Crippen LogP contribution in [0, 0.1) is 11.3 Å². The van der Waals surface area contributed by atoms with Crippen LogP contribution in [0.1, 0.15) is 31.2 Å². The van der Waals surface area contributed by atoms with Crippen LogP contribution in [0.4, 0.5) is 5.69 Å². The number of hydrogen-bond acceptors (Lipinski definition) is 4. The zero-order valence-electron chi connectivity index (χ0n) is 13.2. The Hall–Kier alpha value is -2.84. The fourth-order valence-corrected chi connectivity index (χ4v) is 2.75. The summed E-state index contributed by atoms with van der Waals surface area (Å²) in [6.45, 7) is 3.89. The quantitative estimate of drug-likeness (QED) is 0.723. The molecule has 0 atom stereocenters. The molecule has 0 aliphatic heterocycles. The minimum atomic E-state index is -0.234. The molecule has 1 heterocycles. The molecule has 0 saturated carbocycles. The largest absolute Gasteiger partial charge is 0.398 e. The van der Waals surface area contributed by atoms with Gasteiger partial charge in [0.2, 0.25) is 0 Å². The number of aromatic nitrogens is 2. The van der Waals surface area contributed by atoms with E-state index in [-0.39, 0.29) is 17.0 Å². The van der Waals surface area contributed by atoms with Gasteiger partial charge in [-0.1, -0.05) is 25.4 Å². The van der Waals surface area contributed by atoms with Crippen molar-refractivity contribution >= 4 is 28.2 Å². The number of nitrogens with two attached hydrogens (primary N) is 1. The Morgan fingerprint density at radius 2 is 1.88 bits per heavy atom. The van der Waals surface area contributed by atoms with Crippen molar-refractivity contribution in [3.05, 3.63) is 63.2 Å². The normalized spacial score (nSPS) is 11.0. The second-order valence-corrected chi connectivity index (χ2v) is 6.22. The number of halogens is 1. The smallest absolute Gasteiger partial charge is 0.266 e. The number of nitrogens with zero attached hydrogens (tertiary/aromatic N) is 3. The van der Waals surface area contributed by atoms with Crippen molar-refractivity contribution in [2.45, 2.75) is 19.8 Å². The average Bonchev–Trinajstić information content (AvgIpc) is 2.55. The van der Waals surface area contributed by atoms with Crippen LogP contribution in [-0.4, -0.2) is 9.55 Å². The molecule has 24 heavy (non-hydrogen) atoms. The lowest BCUT2D eigenvalue weighted by atomic mass is 10.1. The average molecular weight is 339 g/mol. The topological polar surface area (TPSA) is 84.7 Å². The van der Waals surface area contributed by atoms with E-state index in [1.54, 1.807) is 41.0 Å². The Kier molecular flexibility index (Phi) is 4.00. The van der Waals surface area contributed by atoms with Crippen molar-refractivity contribution in [1.82, 2.24) is 9.55 Å². The van der Waals surface area contributed by atoms with Gasteiger partial charge in [0, 0.05) is 10.9 Å². The molecule has 3 aromatic rings. The second-order valence-electron chi connectivity index (χ2n) is 5.78. The Bertz CT molecular complexity index is 1030. The molecule has 120 valence electrons. The molecule has 0 aliphatic rings. The molecule has 0 spiro atoms. The van der Waals surface area contributed by atoms with Crippen molar-refractivity contribution < 1.29 is 0 Å². The number of rotatable bonds is 2. The fourth-order valence-electron chi connectivity index (χ4n) is 2.63. The molecule has 0 fully saturated rings. The van der Waals surface area contributed by atoms with E-state index < -0.39 is 0 Å². The summed E-state index contributed by atoms with van der Waals surface area (Å²) >= 11 is 5.94. The molecule has 2 N–H and O–H groups in total. The summed E-state index contributed by atoms with van der Waals surface area (Å²) in [5, 5.41) is 10.3. The van der Waals surface area contributed by atoms with Crippen molar-refractivity contribution in [2.24, 2.45) is 0 Å². The number of anilines is 1. The fraction of sp³-hybridized carbons (Fsp3) is 0.167. The van der Waals surface area contributed by atoms with Gasteiger partial charge < -0.3 is 5.73 Å². The maximum Gasteiger partial charge on any atom is 0.266 e. The Balaban J connectivity index is 2.46. The van der Waals surface area contributed by atoms with Gasteiger partial charge in [-0.25, -0.2) is 4.98 Å². The van der Waals surface area contributed by atoms with Crippen LogP contribution in [0.5, 0.6) is 0 Å². The summed E-state index contributed by atoms with van der Waals surface area (Å²) in [7, 11) is 0. The highest BCUT2D eigenvalue weighted by Crippen LogP contribution is 2.24. The van der Waals surface area contributed by atoms with Crippen LogP contribution in [0.15, 0.2) is 41.2 Å². The number of nitriles is 1. The zero-order chi connectivity index (χ0) is 17.4. The van der Waals surface area contributed by atoms with Gasteiger partial charge in [0.25, 0.3) is 5.56 Å². The number of nitrogen functional groups attached to an aromatic ring is 1. The number of hydrogen-bond donors (Lipinski definition) is 1. The Labute approximate surface area is 143 Å². The third-order valence-corrected chi connectivity index (χ3v) is 4.06. The zero-order valence-corrected chi connectivity index (χ0v) is 14.0. The monoisotopic (exact) mass is 338 g/mol. The van der Waals surface area contributed by atoms with E-state index in [0.29, 0.717) is 33.1 Å². The third-order valence-electron chi connectivity index (χ3n) is 3.81. The summed E-state index contributed by atoms with van der Waals surface area (Å²) in [6, 6.07) is 12.2. The first-order valence-electron chi connectivity index (χ1n) is 7.45. The molecule has 6 heteroatoms. The molecule has 0 saturated heterocycles. The molecule has 5 nitrogen and oxygen atoms in total. The maximum atomic E-state index is 13.1. The van der Waals surface area contributed by atoms with Gasteiger partial charge in [0.1, 0.15) is 17.5 Å². The second kappa shape index (κ2) is 5.99. The highest BCUT2D eigenvalue weighted by atomic mass is 35.5. The predicted octanol–water partition coefficient (Wildman–Crippen LogP) is 3.62. The van der Waals surface area contributed by atoms with E-state index in [2.05, 4.69) is 4.98 Å². The molecule has 0 bridgehead atoms. The minimum absolute atomic E-state index is 0.0225. The Morgan fingerprint density at radius 3 is 2.46 bits per heavy atom. The molecule has 2 aromatic carbocycles. The Morgan fingerprint density at radius 1 is 1.21 bits per heavy atom. The maximum absolute atomic E-state index is 13.1. The van der Waals surface area contributed by atoms with Crippen LogP contribution in [0.3, 0.4) is 0 Å². The lowest BCUT2D eigenvalue weighted by molar-refractivity contribution is 0.723. The van der Waals surface area contributed by atoms with Crippen molar-refractivity contribution in [3.63, 3.8) is 0 Å². The van der Waals surface area contributed by atoms with E-state index >= 15 is 0 Å². The minimum Gasteiger partial charge on any atom is -0.398 e. The van der Waals surface area contributed by atoms with Crippen molar-refractivity contribution in [2.75, 3.05) is 5.73 Å². The van der Waals surface area contributed by atoms with E-state index in [0.717, 1.165) is 0 Å². The lowest BCUT2D eigenvalue weighted by Gasteiger charge is -2.16. The molecule has 0 radical (unpaired) electrons. The summed E-state index contributed by atoms with van der Waals surface area (Å²) in [4.78, 5) is 17.7. The van der Waals surface area contributed by atoms with Gasteiger partial charge in [-0.05, 0) is 36.4 Å². The number of benzene rings is 2. The standard InChI is InChI=1S/C18H15ClN4O/c1-10(2)17-22-16-13(7-8-15(21)14(16)9-20)18(24)23(17)12-5-3-11(19)4-6-12/h3-8,10H,21H2,1-2H3. The molecule has 0 aliphatic carbocycles. The van der Waals surface area contributed by atoms with Crippen molar-refractivity contribution in [1.29, 1.82) is 5.26 Å². The predicted molar refractivity (Wildman–Crippen MR) is 95.6 cm³/mol. The summed E-state index contributed by atoms with van der Waals surface area (Å²) in [5.41, 5.74) is 7.19. The molecule has 3 rings (SSSR count). The van der Waals surface area contributed by atoms with Gasteiger partial charge in [-0.3, -0.25) is 9.36 Å². The van der Waals surface area contributed by atoms with Gasteiger partial charge >= 0.3 is 0 Å². The lowest BCUT2D eigenvalue weighted by Crippen LogP contribution is -2.25. The summed E-state index contributed by atoms with van der Waals surface area (Å²) in [5.74, 6) is 0.544.